The van der Waals surface area contributed by atoms with Crippen molar-refractivity contribution < 1.29 is 13.9 Å². The minimum atomic E-state index is -0.665. The number of anilines is 1. The van der Waals surface area contributed by atoms with Crippen LogP contribution in [0.2, 0.25) is 0 Å². The van der Waals surface area contributed by atoms with E-state index in [1.807, 2.05) is 0 Å². The van der Waals surface area contributed by atoms with Crippen molar-refractivity contribution in [2.24, 2.45) is 0 Å². The molecular formula is C11H11BrFNO2. The summed E-state index contributed by atoms with van der Waals surface area (Å²) in [5, 5.41) is 2.35. The zero-order chi connectivity index (χ0) is 11.7. The van der Waals surface area contributed by atoms with Gasteiger partial charge >= 0.3 is 6.09 Å². The number of rotatable bonds is 2. The highest BCUT2D eigenvalue weighted by Crippen LogP contribution is 2.47. The molecule has 0 bridgehead atoms. The molecule has 2 atom stereocenters. The van der Waals surface area contributed by atoms with E-state index in [-0.39, 0.29) is 5.69 Å². The van der Waals surface area contributed by atoms with Gasteiger partial charge in [-0.3, -0.25) is 5.32 Å². The van der Waals surface area contributed by atoms with E-state index in [1.165, 1.54) is 13.2 Å². The number of carbonyl (C=O) groups excluding carboxylic acids is 1. The zero-order valence-corrected chi connectivity index (χ0v) is 10.3. The molecule has 2 unspecified atom stereocenters. The van der Waals surface area contributed by atoms with Crippen molar-refractivity contribution in [3.63, 3.8) is 0 Å². The molecule has 0 heterocycles. The molecule has 1 fully saturated rings. The van der Waals surface area contributed by atoms with Crippen LogP contribution >= 0.6 is 15.9 Å². The lowest BCUT2D eigenvalue weighted by molar-refractivity contribution is 0.187. The van der Waals surface area contributed by atoms with Crippen molar-refractivity contribution in [3.05, 3.63) is 29.6 Å². The second-order valence-electron chi connectivity index (χ2n) is 3.71. The van der Waals surface area contributed by atoms with Gasteiger partial charge in [-0.15, -0.1) is 0 Å². The smallest absolute Gasteiger partial charge is 0.411 e. The van der Waals surface area contributed by atoms with Gasteiger partial charge in [0.05, 0.1) is 12.8 Å². The van der Waals surface area contributed by atoms with E-state index in [9.17, 15) is 9.18 Å². The van der Waals surface area contributed by atoms with E-state index in [4.69, 9.17) is 0 Å². The molecule has 3 nitrogen and oxygen atoms in total. The average molecular weight is 288 g/mol. The lowest BCUT2D eigenvalue weighted by Crippen LogP contribution is -2.12. The lowest BCUT2D eigenvalue weighted by atomic mass is 10.1. The number of hydrogen-bond donors (Lipinski definition) is 1. The average Bonchev–Trinajstić information content (AvgIpc) is 2.98. The van der Waals surface area contributed by atoms with E-state index in [0.717, 1.165) is 12.0 Å². The first-order valence-electron chi connectivity index (χ1n) is 4.90. The van der Waals surface area contributed by atoms with E-state index in [2.05, 4.69) is 26.0 Å². The number of benzene rings is 1. The molecule has 1 aromatic carbocycles. The molecule has 1 aliphatic rings. The highest BCUT2D eigenvalue weighted by atomic mass is 79.9. The maximum Gasteiger partial charge on any atom is 0.411 e. The summed E-state index contributed by atoms with van der Waals surface area (Å²) in [7, 11) is 1.24. The molecule has 5 heteroatoms. The Labute approximate surface area is 101 Å². The molecule has 1 amide bonds. The van der Waals surface area contributed by atoms with Crippen LogP contribution in [-0.4, -0.2) is 18.0 Å². The van der Waals surface area contributed by atoms with Gasteiger partial charge in [0.15, 0.2) is 0 Å². The molecule has 0 aliphatic heterocycles. The number of carbonyl (C=O) groups is 1. The largest absolute Gasteiger partial charge is 0.453 e. The lowest BCUT2D eigenvalue weighted by Gasteiger charge is -2.07. The molecule has 1 aliphatic carbocycles. The summed E-state index contributed by atoms with van der Waals surface area (Å²) >= 11 is 3.49. The molecular weight excluding hydrogens is 277 g/mol. The van der Waals surface area contributed by atoms with Gasteiger partial charge in [0.1, 0.15) is 5.82 Å². The van der Waals surface area contributed by atoms with Crippen molar-refractivity contribution in [2.75, 3.05) is 12.4 Å². The van der Waals surface area contributed by atoms with Gasteiger partial charge < -0.3 is 4.74 Å². The number of alkyl halides is 1. The number of ether oxygens (including phenoxy) is 1. The van der Waals surface area contributed by atoms with Crippen LogP contribution in [0.3, 0.4) is 0 Å². The first kappa shape index (κ1) is 11.4. The van der Waals surface area contributed by atoms with Crippen molar-refractivity contribution in [1.29, 1.82) is 0 Å². The van der Waals surface area contributed by atoms with Crippen LogP contribution in [0.15, 0.2) is 18.2 Å². The molecule has 0 spiro atoms. The van der Waals surface area contributed by atoms with Gasteiger partial charge in [-0.2, -0.15) is 0 Å². The highest BCUT2D eigenvalue weighted by Gasteiger charge is 2.36. The third-order valence-electron chi connectivity index (χ3n) is 2.55. The number of hydrogen-bond acceptors (Lipinski definition) is 2. The second-order valence-corrected chi connectivity index (χ2v) is 4.89. The van der Waals surface area contributed by atoms with Gasteiger partial charge in [-0.1, -0.05) is 22.0 Å². The molecule has 1 aromatic rings. The third kappa shape index (κ3) is 2.35. The molecule has 1 N–H and O–H groups in total. The quantitative estimate of drug-likeness (QED) is 0.848. The normalized spacial score (nSPS) is 22.7. The standard InChI is InChI=1S/C11H11BrFNO2/c1-16-11(15)14-10-4-6(2-3-9(10)13)7-5-8(7)12/h2-4,7-8H,5H2,1H3,(H,14,15). The monoisotopic (exact) mass is 287 g/mol. The zero-order valence-electron chi connectivity index (χ0n) is 8.67. The molecule has 0 aromatic heterocycles. The van der Waals surface area contributed by atoms with E-state index in [0.29, 0.717) is 10.7 Å². The van der Waals surface area contributed by atoms with Gasteiger partial charge in [-0.05, 0) is 30.0 Å². The summed E-state index contributed by atoms with van der Waals surface area (Å²) in [5.41, 5.74) is 1.19. The van der Waals surface area contributed by atoms with Crippen LogP contribution in [0, 0.1) is 5.82 Å². The van der Waals surface area contributed by atoms with Crippen LogP contribution in [0.1, 0.15) is 17.9 Å². The van der Waals surface area contributed by atoms with Gasteiger partial charge in [0.25, 0.3) is 0 Å². The van der Waals surface area contributed by atoms with Crippen molar-refractivity contribution in [1.82, 2.24) is 0 Å². The van der Waals surface area contributed by atoms with Crippen LogP contribution in [0.5, 0.6) is 0 Å². The SMILES string of the molecule is COC(=O)Nc1cc(C2CC2Br)ccc1F. The topological polar surface area (TPSA) is 38.3 Å². The van der Waals surface area contributed by atoms with Crippen LogP contribution in [-0.2, 0) is 4.74 Å². The molecule has 0 saturated heterocycles. The Hall–Kier alpha value is -1.10. The fourth-order valence-electron chi connectivity index (χ4n) is 1.54. The molecule has 1 saturated carbocycles. The molecule has 16 heavy (non-hydrogen) atoms. The maximum atomic E-state index is 13.4. The summed E-state index contributed by atoms with van der Waals surface area (Å²) < 4.78 is 17.8. The summed E-state index contributed by atoms with van der Waals surface area (Å²) in [6.07, 6.45) is 0.380. The van der Waals surface area contributed by atoms with Crippen molar-refractivity contribution in [2.45, 2.75) is 17.2 Å². The Morgan fingerprint density at radius 1 is 1.62 bits per heavy atom. The Morgan fingerprint density at radius 3 is 2.88 bits per heavy atom. The van der Waals surface area contributed by atoms with Crippen molar-refractivity contribution >= 4 is 27.7 Å². The predicted octanol–water partition coefficient (Wildman–Crippen LogP) is 3.25. The summed E-state index contributed by atoms with van der Waals surface area (Å²) in [5.74, 6) is -0.0419. The molecule has 2 rings (SSSR count). The van der Waals surface area contributed by atoms with E-state index >= 15 is 0 Å². The van der Waals surface area contributed by atoms with Crippen LogP contribution in [0.4, 0.5) is 14.9 Å². The minimum Gasteiger partial charge on any atom is -0.453 e. The van der Waals surface area contributed by atoms with Gasteiger partial charge in [0, 0.05) is 4.83 Å². The third-order valence-corrected chi connectivity index (χ3v) is 3.57. The van der Waals surface area contributed by atoms with Gasteiger partial charge in [0.2, 0.25) is 0 Å². The number of nitrogens with one attached hydrogen (secondary N) is 1. The van der Waals surface area contributed by atoms with Crippen LogP contribution in [0.25, 0.3) is 0 Å². The number of halogens is 2. The second kappa shape index (κ2) is 4.41. The summed E-state index contributed by atoms with van der Waals surface area (Å²) in [4.78, 5) is 11.4. The summed E-state index contributed by atoms with van der Waals surface area (Å²) in [6.45, 7) is 0. The first-order chi connectivity index (χ1) is 7.61. The minimum absolute atomic E-state index is 0.163. The van der Waals surface area contributed by atoms with Gasteiger partial charge in [-0.25, -0.2) is 9.18 Å². The number of methoxy groups -OCH3 is 1. The Bertz CT molecular complexity index is 424. The van der Waals surface area contributed by atoms with E-state index in [1.54, 1.807) is 12.1 Å². The van der Waals surface area contributed by atoms with Crippen molar-refractivity contribution in [3.8, 4) is 0 Å². The summed E-state index contributed by atoms with van der Waals surface area (Å²) in [6, 6.07) is 4.75. The fraction of sp³-hybridized carbons (Fsp3) is 0.364. The fourth-order valence-corrected chi connectivity index (χ4v) is 2.25. The molecule has 0 radical (unpaired) electrons. The highest BCUT2D eigenvalue weighted by molar-refractivity contribution is 9.09. The Morgan fingerprint density at radius 2 is 2.31 bits per heavy atom. The van der Waals surface area contributed by atoms with E-state index < -0.39 is 11.9 Å². The first-order valence-corrected chi connectivity index (χ1v) is 5.82. The Balaban J connectivity index is 2.19. The predicted molar refractivity (Wildman–Crippen MR) is 62.5 cm³/mol. The molecule has 86 valence electrons. The number of amides is 1. The maximum absolute atomic E-state index is 13.4. The van der Waals surface area contributed by atoms with Crippen LogP contribution < -0.4 is 5.32 Å². The Kier molecular flexibility index (Phi) is 3.14.